The first-order valence-electron chi connectivity index (χ1n) is 8.00. The van der Waals surface area contributed by atoms with E-state index in [2.05, 4.69) is 26.2 Å². The van der Waals surface area contributed by atoms with Crippen LogP contribution < -0.4 is 5.32 Å². The topological polar surface area (TPSA) is 21.3 Å². The summed E-state index contributed by atoms with van der Waals surface area (Å²) in [6.45, 7) is 4.50. The number of rotatable bonds is 13. The van der Waals surface area contributed by atoms with Gasteiger partial charge in [0.05, 0.1) is 6.10 Å². The lowest BCUT2D eigenvalue weighted by atomic mass is 9.99. The Morgan fingerprint density at radius 1 is 0.833 bits per heavy atom. The Morgan fingerprint density at radius 3 is 1.94 bits per heavy atom. The highest BCUT2D eigenvalue weighted by molar-refractivity contribution is 4.75. The molecular formula is C16H35NO. The smallest absolute Gasteiger partial charge is 0.0724 e. The maximum atomic E-state index is 5.59. The van der Waals surface area contributed by atoms with Crippen LogP contribution >= 0.6 is 0 Å². The van der Waals surface area contributed by atoms with E-state index >= 15 is 0 Å². The molecule has 0 bridgehead atoms. The molecule has 2 nitrogen and oxygen atoms in total. The van der Waals surface area contributed by atoms with E-state index in [1.54, 1.807) is 0 Å². The largest absolute Gasteiger partial charge is 0.380 e. The fourth-order valence-corrected chi connectivity index (χ4v) is 2.61. The van der Waals surface area contributed by atoms with Gasteiger partial charge >= 0.3 is 0 Å². The summed E-state index contributed by atoms with van der Waals surface area (Å²) in [5.41, 5.74) is 0. The lowest BCUT2D eigenvalue weighted by Crippen LogP contribution is -2.38. The van der Waals surface area contributed by atoms with E-state index in [4.69, 9.17) is 4.74 Å². The van der Waals surface area contributed by atoms with Crippen molar-refractivity contribution in [1.29, 1.82) is 0 Å². The minimum atomic E-state index is 0.389. The maximum absolute atomic E-state index is 5.59. The van der Waals surface area contributed by atoms with Crippen molar-refractivity contribution in [3.8, 4) is 0 Å². The highest BCUT2D eigenvalue weighted by atomic mass is 16.5. The molecule has 0 heterocycles. The molecule has 0 aliphatic rings. The second-order valence-corrected chi connectivity index (χ2v) is 5.37. The minimum absolute atomic E-state index is 0.389. The zero-order chi connectivity index (χ0) is 13.6. The number of unbranched alkanes of at least 4 members (excludes halogenated alkanes) is 6. The molecule has 0 saturated heterocycles. The van der Waals surface area contributed by atoms with Crippen molar-refractivity contribution in [2.45, 2.75) is 90.2 Å². The van der Waals surface area contributed by atoms with Gasteiger partial charge in [-0.15, -0.1) is 0 Å². The van der Waals surface area contributed by atoms with Crippen LogP contribution in [0.1, 0.15) is 78.1 Å². The SMILES string of the molecule is CCCCCCCCCC(NC)C(CCC)OC. The second kappa shape index (κ2) is 13.4. The van der Waals surface area contributed by atoms with Crippen LogP contribution in [0, 0.1) is 0 Å². The van der Waals surface area contributed by atoms with E-state index in [1.165, 1.54) is 64.2 Å². The standard InChI is InChI=1S/C16H35NO/c1-5-7-8-9-10-11-12-14-15(17-3)16(18-4)13-6-2/h15-17H,5-14H2,1-4H3. The monoisotopic (exact) mass is 257 g/mol. The number of methoxy groups -OCH3 is 1. The molecule has 1 N–H and O–H groups in total. The van der Waals surface area contributed by atoms with E-state index in [0.29, 0.717) is 12.1 Å². The van der Waals surface area contributed by atoms with Gasteiger partial charge in [0, 0.05) is 13.2 Å². The molecule has 0 aliphatic heterocycles. The van der Waals surface area contributed by atoms with Crippen LogP contribution in [0.3, 0.4) is 0 Å². The summed E-state index contributed by atoms with van der Waals surface area (Å²) >= 11 is 0. The Balaban J connectivity index is 3.59. The molecule has 110 valence electrons. The highest BCUT2D eigenvalue weighted by Gasteiger charge is 2.17. The van der Waals surface area contributed by atoms with Crippen molar-refractivity contribution >= 4 is 0 Å². The first kappa shape index (κ1) is 17.9. The predicted molar refractivity (Wildman–Crippen MR) is 81.2 cm³/mol. The fourth-order valence-electron chi connectivity index (χ4n) is 2.61. The summed E-state index contributed by atoms with van der Waals surface area (Å²) in [7, 11) is 3.91. The molecule has 0 aromatic heterocycles. The van der Waals surface area contributed by atoms with Crippen molar-refractivity contribution < 1.29 is 4.74 Å². The van der Waals surface area contributed by atoms with Gasteiger partial charge in [0.1, 0.15) is 0 Å². The third kappa shape index (κ3) is 8.93. The Morgan fingerprint density at radius 2 is 1.44 bits per heavy atom. The molecular weight excluding hydrogens is 222 g/mol. The maximum Gasteiger partial charge on any atom is 0.0724 e. The summed E-state index contributed by atoms with van der Waals surface area (Å²) in [4.78, 5) is 0. The Labute approximate surface area is 115 Å². The average Bonchev–Trinajstić information content (AvgIpc) is 2.40. The van der Waals surface area contributed by atoms with Crippen LogP contribution in [0.4, 0.5) is 0 Å². The van der Waals surface area contributed by atoms with Crippen LogP contribution in [0.2, 0.25) is 0 Å². The van der Waals surface area contributed by atoms with Gasteiger partial charge in [-0.05, 0) is 19.9 Å². The molecule has 0 radical (unpaired) electrons. The summed E-state index contributed by atoms with van der Waals surface area (Å²) in [6, 6.07) is 0.533. The molecule has 0 amide bonds. The quantitative estimate of drug-likeness (QED) is 0.489. The number of hydrogen-bond donors (Lipinski definition) is 1. The number of hydrogen-bond acceptors (Lipinski definition) is 2. The summed E-state index contributed by atoms with van der Waals surface area (Å²) in [5, 5.41) is 3.42. The summed E-state index contributed by atoms with van der Waals surface area (Å²) in [6.07, 6.45) is 13.7. The Kier molecular flexibility index (Phi) is 13.3. The van der Waals surface area contributed by atoms with E-state index in [9.17, 15) is 0 Å². The fraction of sp³-hybridized carbons (Fsp3) is 1.00. The first-order valence-corrected chi connectivity index (χ1v) is 8.00. The molecule has 0 fully saturated rings. The van der Waals surface area contributed by atoms with Crippen molar-refractivity contribution in [3.63, 3.8) is 0 Å². The average molecular weight is 257 g/mol. The number of nitrogens with one attached hydrogen (secondary N) is 1. The van der Waals surface area contributed by atoms with Gasteiger partial charge < -0.3 is 10.1 Å². The highest BCUT2D eigenvalue weighted by Crippen LogP contribution is 2.14. The summed E-state index contributed by atoms with van der Waals surface area (Å²) in [5.74, 6) is 0. The van der Waals surface area contributed by atoms with Gasteiger partial charge in [-0.3, -0.25) is 0 Å². The van der Waals surface area contributed by atoms with E-state index in [1.807, 2.05) is 7.11 Å². The van der Waals surface area contributed by atoms with Crippen LogP contribution in [-0.4, -0.2) is 26.3 Å². The Hall–Kier alpha value is -0.0800. The molecule has 0 spiro atoms. The predicted octanol–water partition coefficient (Wildman–Crippen LogP) is 4.53. The van der Waals surface area contributed by atoms with E-state index in [0.717, 1.165) is 0 Å². The normalized spacial score (nSPS) is 14.7. The van der Waals surface area contributed by atoms with E-state index in [-0.39, 0.29) is 0 Å². The van der Waals surface area contributed by atoms with Gasteiger partial charge in [0.25, 0.3) is 0 Å². The molecule has 18 heavy (non-hydrogen) atoms. The van der Waals surface area contributed by atoms with Gasteiger partial charge in [0.2, 0.25) is 0 Å². The lowest BCUT2D eigenvalue weighted by molar-refractivity contribution is 0.0597. The zero-order valence-electron chi connectivity index (χ0n) is 13.1. The van der Waals surface area contributed by atoms with Crippen molar-refractivity contribution in [2.75, 3.05) is 14.2 Å². The van der Waals surface area contributed by atoms with Crippen molar-refractivity contribution in [3.05, 3.63) is 0 Å². The van der Waals surface area contributed by atoms with Crippen LogP contribution in [0.15, 0.2) is 0 Å². The number of ether oxygens (including phenoxy) is 1. The van der Waals surface area contributed by atoms with Crippen LogP contribution in [-0.2, 0) is 4.74 Å². The minimum Gasteiger partial charge on any atom is -0.380 e. The third-order valence-corrected chi connectivity index (χ3v) is 3.81. The second-order valence-electron chi connectivity index (χ2n) is 5.37. The first-order chi connectivity index (χ1) is 8.79. The lowest BCUT2D eigenvalue weighted by Gasteiger charge is -2.25. The third-order valence-electron chi connectivity index (χ3n) is 3.81. The van der Waals surface area contributed by atoms with Gasteiger partial charge in [-0.2, -0.15) is 0 Å². The molecule has 2 unspecified atom stereocenters. The van der Waals surface area contributed by atoms with Gasteiger partial charge in [-0.25, -0.2) is 0 Å². The summed E-state index contributed by atoms with van der Waals surface area (Å²) < 4.78 is 5.59. The molecule has 2 heteroatoms. The van der Waals surface area contributed by atoms with Crippen molar-refractivity contribution in [2.24, 2.45) is 0 Å². The molecule has 2 atom stereocenters. The molecule has 0 aromatic carbocycles. The molecule has 0 rings (SSSR count). The molecule has 0 aromatic rings. The van der Waals surface area contributed by atoms with Crippen LogP contribution in [0.5, 0.6) is 0 Å². The Bertz CT molecular complexity index is 161. The van der Waals surface area contributed by atoms with Crippen molar-refractivity contribution in [1.82, 2.24) is 5.32 Å². The van der Waals surface area contributed by atoms with Gasteiger partial charge in [-0.1, -0.05) is 65.2 Å². The van der Waals surface area contributed by atoms with E-state index < -0.39 is 0 Å². The van der Waals surface area contributed by atoms with Gasteiger partial charge in [0.15, 0.2) is 0 Å². The molecule has 0 aliphatic carbocycles. The molecule has 0 saturated carbocycles. The zero-order valence-corrected chi connectivity index (χ0v) is 13.1. The number of likely N-dealkylation sites (N-methyl/N-ethyl adjacent to an activating group) is 1. The van der Waals surface area contributed by atoms with Crippen LogP contribution in [0.25, 0.3) is 0 Å².